The van der Waals surface area contributed by atoms with Gasteiger partial charge in [0.15, 0.2) is 0 Å². The van der Waals surface area contributed by atoms with E-state index in [1.807, 2.05) is 38.4 Å². The third-order valence-corrected chi connectivity index (χ3v) is 5.39. The predicted octanol–water partition coefficient (Wildman–Crippen LogP) is 1.28. The monoisotopic (exact) mass is 438 g/mol. The quantitative estimate of drug-likeness (QED) is 0.327. The molecule has 0 saturated carbocycles. The molecule has 3 aromatic rings. The highest BCUT2D eigenvalue weighted by Gasteiger charge is 2.03. The number of non-ortho nitro benzene ring substituents is 1. The molecule has 0 aliphatic carbocycles. The van der Waals surface area contributed by atoms with Gasteiger partial charge >= 0.3 is 0 Å². The first-order valence-corrected chi connectivity index (χ1v) is 10.5. The molecule has 3 rings (SSSR count). The molecule has 0 radical (unpaired) electrons. The molecule has 0 unspecified atom stereocenters. The third kappa shape index (κ3) is 6.27. The minimum absolute atomic E-state index is 0.0494. The molecule has 8 nitrogen and oxygen atoms in total. The predicted molar refractivity (Wildman–Crippen MR) is 123 cm³/mol. The molecule has 2 N–H and O–H groups in total. The fraction of sp³-hybridized carbons (Fsp3) is 0.182. The maximum atomic E-state index is 12.4. The van der Waals surface area contributed by atoms with Crippen LogP contribution in [0.5, 0.6) is 0 Å². The standard InChI is InChI=1S/C22H22N4O4S/c1-25(2)11-12-31-18-9-5-16(6-10-18)14-20-22(28)23-19(21(27)24-20)13-15-3-7-17(8-4-15)26(29)30/h3-10,13-14H,11-12H2,1-2H3,(H,23,28)(H,24,27)/b19-13-,20-14-. The Kier molecular flexibility index (Phi) is 7.22. The lowest BCUT2D eigenvalue weighted by Crippen LogP contribution is -2.46. The number of H-pyrrole nitrogens is 2. The average molecular weight is 439 g/mol. The molecule has 0 saturated heterocycles. The van der Waals surface area contributed by atoms with Gasteiger partial charge in [0.05, 0.1) is 4.92 Å². The third-order valence-electron chi connectivity index (χ3n) is 4.40. The van der Waals surface area contributed by atoms with E-state index in [9.17, 15) is 19.7 Å². The first kappa shape index (κ1) is 22.3. The van der Waals surface area contributed by atoms with E-state index in [-0.39, 0.29) is 16.4 Å². The highest BCUT2D eigenvalue weighted by Crippen LogP contribution is 2.18. The van der Waals surface area contributed by atoms with Crippen molar-refractivity contribution < 1.29 is 4.92 Å². The summed E-state index contributed by atoms with van der Waals surface area (Å²) in [7, 11) is 4.07. The number of nitrogens with zero attached hydrogens (tertiary/aromatic N) is 2. The van der Waals surface area contributed by atoms with E-state index in [0.717, 1.165) is 22.8 Å². The Morgan fingerprint density at radius 1 is 0.903 bits per heavy atom. The van der Waals surface area contributed by atoms with Gasteiger partial charge in [0, 0.05) is 29.3 Å². The van der Waals surface area contributed by atoms with Gasteiger partial charge in [0.1, 0.15) is 10.7 Å². The van der Waals surface area contributed by atoms with Crippen LogP contribution in [0.15, 0.2) is 63.0 Å². The van der Waals surface area contributed by atoms with Crippen molar-refractivity contribution in [3.63, 3.8) is 0 Å². The number of hydrogen-bond donors (Lipinski definition) is 2. The van der Waals surface area contributed by atoms with Gasteiger partial charge in [-0.1, -0.05) is 12.1 Å². The van der Waals surface area contributed by atoms with Crippen molar-refractivity contribution in [2.24, 2.45) is 0 Å². The minimum Gasteiger partial charge on any atom is -0.316 e. The van der Waals surface area contributed by atoms with Crippen LogP contribution in [0.2, 0.25) is 0 Å². The second kappa shape index (κ2) is 10.1. The zero-order valence-corrected chi connectivity index (χ0v) is 17.9. The van der Waals surface area contributed by atoms with Gasteiger partial charge in [-0.2, -0.15) is 0 Å². The van der Waals surface area contributed by atoms with Crippen LogP contribution in [-0.4, -0.2) is 46.2 Å². The molecule has 0 atom stereocenters. The van der Waals surface area contributed by atoms with Gasteiger partial charge < -0.3 is 14.9 Å². The molecule has 9 heteroatoms. The topological polar surface area (TPSA) is 112 Å². The normalized spacial score (nSPS) is 12.5. The van der Waals surface area contributed by atoms with Crippen molar-refractivity contribution in [3.05, 3.63) is 101 Å². The Bertz CT molecular complexity index is 1290. The van der Waals surface area contributed by atoms with Crippen LogP contribution < -0.4 is 21.8 Å². The summed E-state index contributed by atoms with van der Waals surface area (Å²) in [5, 5.41) is 11.0. The smallest absolute Gasteiger partial charge is 0.272 e. The van der Waals surface area contributed by atoms with E-state index in [0.29, 0.717) is 5.56 Å². The van der Waals surface area contributed by atoms with Crippen LogP contribution in [0, 0.1) is 10.1 Å². The van der Waals surface area contributed by atoms with Crippen LogP contribution in [0.3, 0.4) is 0 Å². The molecule has 0 aliphatic rings. The van der Waals surface area contributed by atoms with Gasteiger partial charge in [-0.3, -0.25) is 19.7 Å². The lowest BCUT2D eigenvalue weighted by atomic mass is 10.2. The Morgan fingerprint density at radius 3 is 1.84 bits per heavy atom. The Balaban J connectivity index is 1.84. The zero-order chi connectivity index (χ0) is 22.4. The minimum atomic E-state index is -0.502. The van der Waals surface area contributed by atoms with Gasteiger partial charge in [-0.25, -0.2) is 0 Å². The van der Waals surface area contributed by atoms with Gasteiger partial charge in [-0.15, -0.1) is 11.8 Å². The van der Waals surface area contributed by atoms with Crippen molar-refractivity contribution in [3.8, 4) is 0 Å². The highest BCUT2D eigenvalue weighted by molar-refractivity contribution is 7.99. The van der Waals surface area contributed by atoms with Crippen LogP contribution in [0.1, 0.15) is 11.1 Å². The molecule has 0 bridgehead atoms. The lowest BCUT2D eigenvalue weighted by Gasteiger charge is -2.08. The fourth-order valence-electron chi connectivity index (χ4n) is 2.73. The second-order valence-corrected chi connectivity index (χ2v) is 8.26. The number of thioether (sulfide) groups is 1. The van der Waals surface area contributed by atoms with E-state index in [2.05, 4.69) is 14.9 Å². The maximum Gasteiger partial charge on any atom is 0.272 e. The molecule has 160 valence electrons. The van der Waals surface area contributed by atoms with E-state index >= 15 is 0 Å². The first-order valence-electron chi connectivity index (χ1n) is 9.50. The fourth-order valence-corrected chi connectivity index (χ4v) is 3.75. The summed E-state index contributed by atoms with van der Waals surface area (Å²) in [5.41, 5.74) is 0.417. The summed E-state index contributed by atoms with van der Waals surface area (Å²) in [6, 6.07) is 13.4. The van der Waals surface area contributed by atoms with Gasteiger partial charge in [0.25, 0.3) is 16.8 Å². The molecule has 0 spiro atoms. The van der Waals surface area contributed by atoms with Gasteiger partial charge in [0.2, 0.25) is 0 Å². The second-order valence-electron chi connectivity index (χ2n) is 7.09. The number of nitro groups is 1. The molecule has 0 fully saturated rings. The van der Waals surface area contributed by atoms with Crippen LogP contribution in [0.25, 0.3) is 12.2 Å². The highest BCUT2D eigenvalue weighted by atomic mass is 32.2. The molecule has 2 aromatic carbocycles. The largest absolute Gasteiger partial charge is 0.316 e. The Hall–Kier alpha value is -3.43. The van der Waals surface area contributed by atoms with Crippen molar-refractivity contribution in [2.45, 2.75) is 4.90 Å². The van der Waals surface area contributed by atoms with Crippen LogP contribution in [0.4, 0.5) is 5.69 Å². The number of nitro benzene ring substituents is 1. The number of hydrogen-bond acceptors (Lipinski definition) is 6. The molecule has 1 aromatic heterocycles. The molecule has 0 aliphatic heterocycles. The van der Waals surface area contributed by atoms with Crippen molar-refractivity contribution in [2.75, 3.05) is 26.4 Å². The SMILES string of the molecule is CN(C)CCSc1ccc(/C=c2\[nH]c(=O)/c(=C/c3ccc([N+](=O)[O-])cc3)[nH]c2=O)cc1. The van der Waals surface area contributed by atoms with Gasteiger partial charge in [-0.05, 0) is 61.6 Å². The zero-order valence-electron chi connectivity index (χ0n) is 17.1. The average Bonchev–Trinajstić information content (AvgIpc) is 2.73. The van der Waals surface area contributed by atoms with Crippen molar-refractivity contribution in [1.82, 2.24) is 14.9 Å². The summed E-state index contributed by atoms with van der Waals surface area (Å²) < 4.78 is 0. The van der Waals surface area contributed by atoms with Crippen molar-refractivity contribution in [1.29, 1.82) is 0 Å². The first-order chi connectivity index (χ1) is 14.8. The number of aromatic amines is 2. The molecule has 1 heterocycles. The number of aromatic nitrogens is 2. The van der Waals surface area contributed by atoms with E-state index in [1.54, 1.807) is 17.8 Å². The maximum absolute atomic E-state index is 12.4. The summed E-state index contributed by atoms with van der Waals surface area (Å²) in [6.07, 6.45) is 3.08. The number of rotatable bonds is 7. The molecule has 31 heavy (non-hydrogen) atoms. The molecular formula is C22H22N4O4S. The van der Waals surface area contributed by atoms with Crippen molar-refractivity contribution >= 4 is 29.6 Å². The summed E-state index contributed by atoms with van der Waals surface area (Å²) in [4.78, 5) is 43.5. The number of nitrogens with one attached hydrogen (secondary N) is 2. The Labute approximate surface area is 182 Å². The number of benzene rings is 2. The summed E-state index contributed by atoms with van der Waals surface area (Å²) >= 11 is 1.75. The summed E-state index contributed by atoms with van der Waals surface area (Å²) in [6.45, 7) is 0.985. The molecular weight excluding hydrogens is 416 g/mol. The van der Waals surface area contributed by atoms with E-state index in [4.69, 9.17) is 0 Å². The van der Waals surface area contributed by atoms with E-state index < -0.39 is 16.0 Å². The van der Waals surface area contributed by atoms with Crippen LogP contribution >= 0.6 is 11.8 Å². The summed E-state index contributed by atoms with van der Waals surface area (Å²) in [5.74, 6) is 0.982. The lowest BCUT2D eigenvalue weighted by molar-refractivity contribution is -0.384. The van der Waals surface area contributed by atoms with E-state index in [1.165, 1.54) is 30.3 Å². The van der Waals surface area contributed by atoms with Crippen LogP contribution in [-0.2, 0) is 0 Å². The Morgan fingerprint density at radius 2 is 1.39 bits per heavy atom. The molecule has 0 amide bonds.